The van der Waals surface area contributed by atoms with Gasteiger partial charge >= 0.3 is 0 Å². The van der Waals surface area contributed by atoms with E-state index in [-0.39, 0.29) is 11.9 Å². The zero-order valence-corrected chi connectivity index (χ0v) is 17.5. The molecular weight excluding hydrogens is 370 g/mol. The van der Waals surface area contributed by atoms with Crippen molar-refractivity contribution in [2.45, 2.75) is 13.0 Å². The number of hydrogen-bond donors (Lipinski definition) is 1. The van der Waals surface area contributed by atoms with E-state index in [1.54, 1.807) is 0 Å². The first kappa shape index (κ1) is 20.3. The van der Waals surface area contributed by atoms with Gasteiger partial charge in [0.25, 0.3) is 0 Å². The SMILES string of the molecule is C[C@@H](C(=O)Nc1ccc2ccccc2c1)N1CCN(C/C=C/c2ccccc2)CC1. The Kier molecular flexibility index (Phi) is 6.57. The molecule has 4 rings (SSSR count). The summed E-state index contributed by atoms with van der Waals surface area (Å²) in [6.07, 6.45) is 4.40. The average Bonchev–Trinajstić information content (AvgIpc) is 2.80. The number of benzene rings is 3. The fourth-order valence-corrected chi connectivity index (χ4v) is 3.91. The first-order chi connectivity index (χ1) is 14.7. The highest BCUT2D eigenvalue weighted by Gasteiger charge is 2.25. The molecule has 0 unspecified atom stereocenters. The van der Waals surface area contributed by atoms with Crippen molar-refractivity contribution < 1.29 is 4.79 Å². The molecular formula is C26H29N3O. The summed E-state index contributed by atoms with van der Waals surface area (Å²) in [5.41, 5.74) is 2.09. The van der Waals surface area contributed by atoms with Gasteiger partial charge in [-0.3, -0.25) is 14.6 Å². The zero-order chi connectivity index (χ0) is 20.8. The molecule has 0 radical (unpaired) electrons. The van der Waals surface area contributed by atoms with Crippen LogP contribution in [0.15, 0.2) is 78.9 Å². The van der Waals surface area contributed by atoms with E-state index in [2.05, 4.69) is 69.7 Å². The first-order valence-corrected chi connectivity index (χ1v) is 10.7. The molecule has 4 heteroatoms. The van der Waals surface area contributed by atoms with Crippen molar-refractivity contribution in [3.05, 3.63) is 84.4 Å². The number of amides is 1. The summed E-state index contributed by atoms with van der Waals surface area (Å²) in [6.45, 7) is 6.72. The molecule has 0 aromatic heterocycles. The molecule has 1 heterocycles. The topological polar surface area (TPSA) is 35.6 Å². The quantitative estimate of drug-likeness (QED) is 0.663. The number of nitrogens with one attached hydrogen (secondary N) is 1. The lowest BCUT2D eigenvalue weighted by atomic mass is 10.1. The summed E-state index contributed by atoms with van der Waals surface area (Å²) in [4.78, 5) is 17.5. The smallest absolute Gasteiger partial charge is 0.241 e. The van der Waals surface area contributed by atoms with E-state index in [0.29, 0.717) is 0 Å². The highest BCUT2D eigenvalue weighted by Crippen LogP contribution is 2.19. The normalized spacial score (nSPS) is 16.7. The molecule has 0 spiro atoms. The number of anilines is 1. The molecule has 1 fully saturated rings. The average molecular weight is 400 g/mol. The lowest BCUT2D eigenvalue weighted by molar-refractivity contribution is -0.121. The largest absolute Gasteiger partial charge is 0.325 e. The molecule has 1 aliphatic heterocycles. The van der Waals surface area contributed by atoms with Crippen molar-refractivity contribution in [3.63, 3.8) is 0 Å². The van der Waals surface area contributed by atoms with Gasteiger partial charge in [-0.2, -0.15) is 0 Å². The van der Waals surface area contributed by atoms with E-state index < -0.39 is 0 Å². The summed E-state index contributed by atoms with van der Waals surface area (Å²) in [5, 5.41) is 5.41. The molecule has 4 nitrogen and oxygen atoms in total. The van der Waals surface area contributed by atoms with Crippen molar-refractivity contribution in [2.24, 2.45) is 0 Å². The van der Waals surface area contributed by atoms with Crippen LogP contribution >= 0.6 is 0 Å². The second kappa shape index (κ2) is 9.70. The van der Waals surface area contributed by atoms with E-state index in [1.165, 1.54) is 10.9 Å². The lowest BCUT2D eigenvalue weighted by Crippen LogP contribution is -2.52. The minimum Gasteiger partial charge on any atom is -0.325 e. The van der Waals surface area contributed by atoms with Gasteiger partial charge in [0.15, 0.2) is 0 Å². The molecule has 1 amide bonds. The Morgan fingerprint density at radius 2 is 1.63 bits per heavy atom. The first-order valence-electron chi connectivity index (χ1n) is 10.7. The van der Waals surface area contributed by atoms with E-state index in [9.17, 15) is 4.79 Å². The number of carbonyl (C=O) groups is 1. The minimum atomic E-state index is -0.140. The van der Waals surface area contributed by atoms with Crippen molar-refractivity contribution in [3.8, 4) is 0 Å². The van der Waals surface area contributed by atoms with Gasteiger partial charge in [0, 0.05) is 38.4 Å². The highest BCUT2D eigenvalue weighted by molar-refractivity contribution is 5.97. The summed E-state index contributed by atoms with van der Waals surface area (Å²) >= 11 is 0. The zero-order valence-electron chi connectivity index (χ0n) is 17.5. The van der Waals surface area contributed by atoms with Crippen molar-refractivity contribution >= 4 is 28.4 Å². The third-order valence-electron chi connectivity index (χ3n) is 5.82. The maximum atomic E-state index is 12.8. The summed E-state index contributed by atoms with van der Waals surface area (Å²) in [5.74, 6) is 0.0581. The molecule has 1 N–H and O–H groups in total. The standard InChI is InChI=1S/C26H29N3O/c1-21(26(30)27-25-14-13-23-11-5-6-12-24(23)20-25)29-18-16-28(17-19-29)15-7-10-22-8-3-2-4-9-22/h2-14,20-21H,15-19H2,1H3,(H,27,30)/b10-7+/t21-/m0/s1. The van der Waals surface area contributed by atoms with Crippen LogP contribution in [0.1, 0.15) is 12.5 Å². The second-order valence-electron chi connectivity index (χ2n) is 7.88. The third-order valence-corrected chi connectivity index (χ3v) is 5.82. The Morgan fingerprint density at radius 3 is 2.40 bits per heavy atom. The molecule has 1 saturated heterocycles. The maximum Gasteiger partial charge on any atom is 0.241 e. The number of rotatable bonds is 6. The predicted molar refractivity (Wildman–Crippen MR) is 126 cm³/mol. The molecule has 30 heavy (non-hydrogen) atoms. The summed E-state index contributed by atoms with van der Waals surface area (Å²) < 4.78 is 0. The molecule has 154 valence electrons. The Bertz CT molecular complexity index is 1010. The second-order valence-corrected chi connectivity index (χ2v) is 7.88. The minimum absolute atomic E-state index is 0.0581. The summed E-state index contributed by atoms with van der Waals surface area (Å²) in [6, 6.07) is 24.5. The molecule has 1 atom stereocenters. The van der Waals surface area contributed by atoms with Gasteiger partial charge in [0.05, 0.1) is 6.04 Å². The van der Waals surface area contributed by atoms with Gasteiger partial charge in [-0.25, -0.2) is 0 Å². The molecule has 1 aliphatic rings. The van der Waals surface area contributed by atoms with E-state index in [1.807, 2.05) is 37.3 Å². The number of piperazine rings is 1. The number of hydrogen-bond acceptors (Lipinski definition) is 3. The fraction of sp³-hybridized carbons (Fsp3) is 0.269. The van der Waals surface area contributed by atoms with Crippen LogP contribution in [0.5, 0.6) is 0 Å². The van der Waals surface area contributed by atoms with E-state index in [4.69, 9.17) is 0 Å². The van der Waals surface area contributed by atoms with Crippen molar-refractivity contribution in [1.82, 2.24) is 9.80 Å². The molecule has 0 bridgehead atoms. The van der Waals surface area contributed by atoms with Crippen LogP contribution in [0.2, 0.25) is 0 Å². The van der Waals surface area contributed by atoms with Gasteiger partial charge in [0.1, 0.15) is 0 Å². The predicted octanol–water partition coefficient (Wildman–Crippen LogP) is 4.50. The Balaban J connectivity index is 1.26. The number of carbonyl (C=O) groups excluding carboxylic acids is 1. The van der Waals surface area contributed by atoms with Crippen molar-refractivity contribution in [2.75, 3.05) is 38.0 Å². The van der Waals surface area contributed by atoms with Crippen molar-refractivity contribution in [1.29, 1.82) is 0 Å². The van der Waals surface area contributed by atoms with Crippen LogP contribution in [0.4, 0.5) is 5.69 Å². The van der Waals surface area contributed by atoms with Crippen LogP contribution in [0.3, 0.4) is 0 Å². The lowest BCUT2D eigenvalue weighted by Gasteiger charge is -2.37. The van der Waals surface area contributed by atoms with Crippen LogP contribution < -0.4 is 5.32 Å². The van der Waals surface area contributed by atoms with Crippen LogP contribution in [0.25, 0.3) is 16.8 Å². The Labute approximate surface area is 178 Å². The number of nitrogens with zero attached hydrogens (tertiary/aromatic N) is 2. The molecule has 0 aliphatic carbocycles. The van der Waals surface area contributed by atoms with Gasteiger partial charge in [-0.15, -0.1) is 0 Å². The van der Waals surface area contributed by atoms with E-state index in [0.717, 1.165) is 43.8 Å². The summed E-state index contributed by atoms with van der Waals surface area (Å²) in [7, 11) is 0. The molecule has 0 saturated carbocycles. The monoisotopic (exact) mass is 399 g/mol. The van der Waals surface area contributed by atoms with Crippen LogP contribution in [-0.2, 0) is 4.79 Å². The maximum absolute atomic E-state index is 12.8. The van der Waals surface area contributed by atoms with Crippen LogP contribution in [-0.4, -0.2) is 54.5 Å². The van der Waals surface area contributed by atoms with Gasteiger partial charge < -0.3 is 5.32 Å². The Hall–Kier alpha value is -2.95. The van der Waals surface area contributed by atoms with Gasteiger partial charge in [-0.05, 0) is 35.4 Å². The highest BCUT2D eigenvalue weighted by atomic mass is 16.2. The van der Waals surface area contributed by atoms with Gasteiger partial charge in [0.2, 0.25) is 5.91 Å². The molecule has 3 aromatic rings. The third kappa shape index (κ3) is 5.15. The fourth-order valence-electron chi connectivity index (χ4n) is 3.91. The molecule has 3 aromatic carbocycles. The van der Waals surface area contributed by atoms with Crippen LogP contribution in [0, 0.1) is 0 Å². The number of fused-ring (bicyclic) bond motifs is 1. The van der Waals surface area contributed by atoms with E-state index >= 15 is 0 Å². The Morgan fingerprint density at radius 1 is 0.933 bits per heavy atom. The van der Waals surface area contributed by atoms with Gasteiger partial charge in [-0.1, -0.05) is 72.8 Å².